The van der Waals surface area contributed by atoms with Crippen molar-refractivity contribution in [1.82, 2.24) is 4.90 Å². The summed E-state index contributed by atoms with van der Waals surface area (Å²) in [5.74, 6) is 0.260. The molecule has 0 unspecified atom stereocenters. The Kier molecular flexibility index (Phi) is 4.42. The average Bonchev–Trinajstić information content (AvgIpc) is 2.44. The summed E-state index contributed by atoms with van der Waals surface area (Å²) in [6.07, 6.45) is 1.21. The van der Waals surface area contributed by atoms with Crippen LogP contribution in [-0.2, 0) is 11.3 Å². The van der Waals surface area contributed by atoms with Crippen molar-refractivity contribution in [3.63, 3.8) is 0 Å². The number of carbonyl (C=O) groups excluding carboxylic acids is 1. The van der Waals surface area contributed by atoms with E-state index >= 15 is 0 Å². The first kappa shape index (κ1) is 15.6. The van der Waals surface area contributed by atoms with Gasteiger partial charge in [-0.05, 0) is 30.4 Å². The molecule has 1 amide bonds. The second-order valence-electron chi connectivity index (χ2n) is 5.83. The number of nitrogens with zero attached hydrogens (tertiary/aromatic N) is 2. The van der Waals surface area contributed by atoms with Gasteiger partial charge in [-0.1, -0.05) is 41.9 Å². The fourth-order valence-electron chi connectivity index (χ4n) is 3.04. The fourth-order valence-corrected chi connectivity index (χ4v) is 3.23. The van der Waals surface area contributed by atoms with Crippen LogP contribution in [-0.4, -0.2) is 28.9 Å². The number of oxime groups is 1. The molecule has 0 atom stereocenters. The molecule has 0 saturated heterocycles. The van der Waals surface area contributed by atoms with E-state index in [9.17, 15) is 4.79 Å². The summed E-state index contributed by atoms with van der Waals surface area (Å²) in [7, 11) is 1.71. The Morgan fingerprint density at radius 2 is 2.14 bits per heavy atom. The first-order valence-corrected chi connectivity index (χ1v) is 7.25. The van der Waals surface area contributed by atoms with E-state index in [0.29, 0.717) is 30.3 Å². The second-order valence-corrected chi connectivity index (χ2v) is 6.24. The smallest absolute Gasteiger partial charge is 0.236 e. The molecule has 0 heterocycles. The van der Waals surface area contributed by atoms with E-state index in [0.717, 1.165) is 5.56 Å². The monoisotopic (exact) mass is 309 g/mol. The highest BCUT2D eigenvalue weighted by atomic mass is 35.5. The molecule has 1 aromatic rings. The molecule has 2 rings (SSSR count). The summed E-state index contributed by atoms with van der Waals surface area (Å²) in [6.45, 7) is 2.44. The predicted octanol–water partition coefficient (Wildman–Crippen LogP) is 2.46. The van der Waals surface area contributed by atoms with Crippen molar-refractivity contribution < 1.29 is 10.0 Å². The van der Waals surface area contributed by atoms with E-state index in [1.54, 1.807) is 18.0 Å². The van der Waals surface area contributed by atoms with Crippen LogP contribution >= 0.6 is 11.6 Å². The maximum absolute atomic E-state index is 12.7. The Labute approximate surface area is 129 Å². The molecule has 114 valence electrons. The molecule has 6 heteroatoms. The van der Waals surface area contributed by atoms with Gasteiger partial charge < -0.3 is 15.8 Å². The zero-order valence-electron chi connectivity index (χ0n) is 12.2. The van der Waals surface area contributed by atoms with Gasteiger partial charge in [0.1, 0.15) is 5.41 Å². The summed E-state index contributed by atoms with van der Waals surface area (Å²) in [4.78, 5) is 14.3. The van der Waals surface area contributed by atoms with Crippen molar-refractivity contribution in [2.45, 2.75) is 26.3 Å². The molecule has 0 aliphatic heterocycles. The predicted molar refractivity (Wildman–Crippen MR) is 82.2 cm³/mol. The summed E-state index contributed by atoms with van der Waals surface area (Å²) in [5.41, 5.74) is 5.77. The number of halogens is 1. The van der Waals surface area contributed by atoms with E-state index in [-0.39, 0.29) is 11.7 Å². The number of benzene rings is 1. The highest BCUT2D eigenvalue weighted by Crippen LogP contribution is 2.47. The summed E-state index contributed by atoms with van der Waals surface area (Å²) in [5, 5.41) is 12.6. The van der Waals surface area contributed by atoms with Crippen molar-refractivity contribution in [3.05, 3.63) is 34.9 Å². The molecular formula is C15H20ClN3O2. The van der Waals surface area contributed by atoms with Crippen LogP contribution in [0.4, 0.5) is 0 Å². The molecule has 1 saturated carbocycles. The molecule has 21 heavy (non-hydrogen) atoms. The molecule has 1 aliphatic rings. The Morgan fingerprint density at radius 1 is 1.52 bits per heavy atom. The van der Waals surface area contributed by atoms with Gasteiger partial charge in [0.15, 0.2) is 5.84 Å². The number of amides is 1. The van der Waals surface area contributed by atoms with Crippen molar-refractivity contribution in [2.24, 2.45) is 22.2 Å². The van der Waals surface area contributed by atoms with E-state index < -0.39 is 5.41 Å². The Hall–Kier alpha value is -1.75. The Balaban J connectivity index is 2.17. The lowest BCUT2D eigenvalue weighted by molar-refractivity contribution is -0.143. The standard InChI is InChI=1S/C15H20ClN3O2/c1-10-7-15(8-10,13(17)18-21)14(20)19(2)9-11-5-3-4-6-12(11)16/h3-6,10,21H,7-9H2,1-2H3,(H2,17,18). The van der Waals surface area contributed by atoms with Crippen LogP contribution in [0.15, 0.2) is 29.4 Å². The van der Waals surface area contributed by atoms with Gasteiger partial charge in [0.25, 0.3) is 0 Å². The Bertz CT molecular complexity index is 568. The first-order chi connectivity index (χ1) is 9.90. The Morgan fingerprint density at radius 3 is 2.67 bits per heavy atom. The van der Waals surface area contributed by atoms with Crippen molar-refractivity contribution in [3.8, 4) is 0 Å². The summed E-state index contributed by atoms with van der Waals surface area (Å²) < 4.78 is 0. The minimum absolute atomic E-state index is 0.00314. The van der Waals surface area contributed by atoms with Gasteiger partial charge in [-0.25, -0.2) is 0 Å². The van der Waals surface area contributed by atoms with E-state index in [1.165, 1.54) is 0 Å². The van der Waals surface area contributed by atoms with Crippen LogP contribution in [0.1, 0.15) is 25.3 Å². The zero-order chi connectivity index (χ0) is 15.6. The highest BCUT2D eigenvalue weighted by molar-refractivity contribution is 6.31. The molecule has 0 radical (unpaired) electrons. The SMILES string of the molecule is CC1CC(C(=O)N(C)Cc2ccccc2Cl)(/C(N)=N/O)C1. The number of hydrogen-bond donors (Lipinski definition) is 2. The summed E-state index contributed by atoms with van der Waals surface area (Å²) in [6, 6.07) is 7.40. The molecule has 1 aliphatic carbocycles. The third kappa shape index (κ3) is 2.83. The summed E-state index contributed by atoms with van der Waals surface area (Å²) >= 11 is 6.12. The van der Waals surface area contributed by atoms with Gasteiger partial charge in [0.2, 0.25) is 5.91 Å². The minimum atomic E-state index is -0.871. The quantitative estimate of drug-likeness (QED) is 0.388. The molecule has 0 bridgehead atoms. The topological polar surface area (TPSA) is 78.9 Å². The van der Waals surface area contributed by atoms with E-state index in [2.05, 4.69) is 5.16 Å². The average molecular weight is 310 g/mol. The second kappa shape index (κ2) is 5.93. The van der Waals surface area contributed by atoms with Gasteiger partial charge in [0, 0.05) is 18.6 Å². The molecular weight excluding hydrogens is 290 g/mol. The van der Waals surface area contributed by atoms with E-state index in [1.807, 2.05) is 25.1 Å². The third-order valence-corrected chi connectivity index (χ3v) is 4.48. The maximum atomic E-state index is 12.7. The molecule has 5 nitrogen and oxygen atoms in total. The lowest BCUT2D eigenvalue weighted by atomic mass is 9.61. The molecule has 1 aromatic carbocycles. The number of amidine groups is 1. The molecule has 0 spiro atoms. The molecule has 0 aromatic heterocycles. The lowest BCUT2D eigenvalue weighted by Gasteiger charge is -2.45. The van der Waals surface area contributed by atoms with Crippen LogP contribution in [0.2, 0.25) is 5.02 Å². The van der Waals surface area contributed by atoms with Gasteiger partial charge in [-0.3, -0.25) is 4.79 Å². The highest BCUT2D eigenvalue weighted by Gasteiger charge is 2.53. The number of rotatable bonds is 4. The van der Waals surface area contributed by atoms with Gasteiger partial charge in [-0.2, -0.15) is 0 Å². The minimum Gasteiger partial charge on any atom is -0.409 e. The van der Waals surface area contributed by atoms with Crippen molar-refractivity contribution >= 4 is 23.3 Å². The van der Waals surface area contributed by atoms with E-state index in [4.69, 9.17) is 22.5 Å². The van der Waals surface area contributed by atoms with Crippen LogP contribution in [0.5, 0.6) is 0 Å². The number of nitrogens with two attached hydrogens (primary N) is 1. The lowest BCUT2D eigenvalue weighted by Crippen LogP contribution is -2.56. The fraction of sp³-hybridized carbons (Fsp3) is 0.467. The first-order valence-electron chi connectivity index (χ1n) is 6.87. The maximum Gasteiger partial charge on any atom is 0.236 e. The van der Waals surface area contributed by atoms with Crippen LogP contribution in [0.3, 0.4) is 0 Å². The van der Waals surface area contributed by atoms with Crippen molar-refractivity contribution in [2.75, 3.05) is 7.05 Å². The van der Waals surface area contributed by atoms with Gasteiger partial charge in [-0.15, -0.1) is 0 Å². The van der Waals surface area contributed by atoms with Crippen LogP contribution < -0.4 is 5.73 Å². The van der Waals surface area contributed by atoms with Crippen LogP contribution in [0.25, 0.3) is 0 Å². The van der Waals surface area contributed by atoms with Crippen molar-refractivity contribution in [1.29, 1.82) is 0 Å². The van der Waals surface area contributed by atoms with Gasteiger partial charge >= 0.3 is 0 Å². The molecule has 1 fully saturated rings. The normalized spacial score (nSPS) is 25.3. The third-order valence-electron chi connectivity index (χ3n) is 4.11. The number of hydrogen-bond acceptors (Lipinski definition) is 3. The zero-order valence-corrected chi connectivity index (χ0v) is 13.0. The van der Waals surface area contributed by atoms with Gasteiger partial charge in [0.05, 0.1) is 0 Å². The molecule has 3 N–H and O–H groups in total. The van der Waals surface area contributed by atoms with Crippen LogP contribution in [0, 0.1) is 11.3 Å². The number of carbonyl (C=O) groups is 1. The largest absolute Gasteiger partial charge is 0.409 e.